The van der Waals surface area contributed by atoms with Gasteiger partial charge in [0.05, 0.1) is 4.90 Å². The monoisotopic (exact) mass is 322 g/mol. The number of hydrogen-bond acceptors (Lipinski definition) is 4. The van der Waals surface area contributed by atoms with Crippen LogP contribution in [0.4, 0.5) is 5.69 Å². The molecule has 0 spiro atoms. The number of sulfonamides is 1. The van der Waals surface area contributed by atoms with Crippen LogP contribution in [0.3, 0.4) is 0 Å². The van der Waals surface area contributed by atoms with Crippen LogP contribution in [0.2, 0.25) is 0 Å². The molecule has 0 radical (unpaired) electrons. The van der Waals surface area contributed by atoms with Gasteiger partial charge >= 0.3 is 0 Å². The van der Waals surface area contributed by atoms with Crippen molar-refractivity contribution in [3.63, 3.8) is 0 Å². The van der Waals surface area contributed by atoms with Gasteiger partial charge in [0, 0.05) is 16.6 Å². The van der Waals surface area contributed by atoms with Crippen LogP contribution in [-0.4, -0.2) is 14.3 Å². The van der Waals surface area contributed by atoms with Gasteiger partial charge in [-0.15, -0.1) is 11.3 Å². The summed E-state index contributed by atoms with van der Waals surface area (Å²) in [4.78, 5) is 12.8. The van der Waals surface area contributed by atoms with Crippen LogP contribution in [0.1, 0.15) is 10.4 Å². The molecule has 7 heteroatoms. The standard InChI is InChI=1S/C14H14N2O3S2/c1-10-4-6-12(21(15,18)19)9-13(10)16-14(17)7-5-11-3-2-8-20-11/h2-9H,1H3,(H,16,17)(H2,15,18,19)/b7-5-. The summed E-state index contributed by atoms with van der Waals surface area (Å²) in [6, 6.07) is 8.13. The zero-order valence-electron chi connectivity index (χ0n) is 11.2. The molecule has 1 aromatic heterocycles. The fourth-order valence-electron chi connectivity index (χ4n) is 1.63. The van der Waals surface area contributed by atoms with Crippen LogP contribution < -0.4 is 10.5 Å². The Morgan fingerprint density at radius 1 is 1.33 bits per heavy atom. The number of thiophene rings is 1. The lowest BCUT2D eigenvalue weighted by molar-refractivity contribution is -0.111. The molecule has 1 amide bonds. The van der Waals surface area contributed by atoms with Crippen molar-refractivity contribution in [1.29, 1.82) is 0 Å². The van der Waals surface area contributed by atoms with E-state index < -0.39 is 10.0 Å². The van der Waals surface area contributed by atoms with Crippen molar-refractivity contribution in [3.05, 3.63) is 52.2 Å². The number of rotatable bonds is 4. The molecule has 5 nitrogen and oxygen atoms in total. The molecule has 0 aliphatic rings. The summed E-state index contributed by atoms with van der Waals surface area (Å²) in [5.41, 5.74) is 1.17. The predicted octanol–water partition coefficient (Wildman–Crippen LogP) is 2.36. The number of amides is 1. The molecule has 0 bridgehead atoms. The van der Waals surface area contributed by atoms with Gasteiger partial charge in [0.2, 0.25) is 15.9 Å². The van der Waals surface area contributed by atoms with Crippen molar-refractivity contribution in [3.8, 4) is 0 Å². The molecule has 0 saturated carbocycles. The van der Waals surface area contributed by atoms with Crippen LogP contribution in [0.15, 0.2) is 46.7 Å². The maximum Gasteiger partial charge on any atom is 0.248 e. The summed E-state index contributed by atoms with van der Waals surface area (Å²) < 4.78 is 22.6. The van der Waals surface area contributed by atoms with Crippen LogP contribution in [0.5, 0.6) is 0 Å². The van der Waals surface area contributed by atoms with E-state index in [4.69, 9.17) is 5.14 Å². The summed E-state index contributed by atoms with van der Waals surface area (Å²) in [5, 5.41) is 9.63. The first-order valence-electron chi connectivity index (χ1n) is 6.02. The highest BCUT2D eigenvalue weighted by Crippen LogP contribution is 2.19. The molecular formula is C14H14N2O3S2. The smallest absolute Gasteiger partial charge is 0.248 e. The Morgan fingerprint density at radius 3 is 2.71 bits per heavy atom. The molecule has 3 N–H and O–H groups in total. The second kappa shape index (κ2) is 6.21. The molecule has 0 unspecified atom stereocenters. The van der Waals surface area contributed by atoms with Gasteiger partial charge in [-0.25, -0.2) is 13.6 Å². The molecule has 0 fully saturated rings. The van der Waals surface area contributed by atoms with Crippen molar-refractivity contribution < 1.29 is 13.2 Å². The van der Waals surface area contributed by atoms with Crippen LogP contribution in [0.25, 0.3) is 6.08 Å². The first-order valence-corrected chi connectivity index (χ1v) is 8.45. The maximum absolute atomic E-state index is 11.8. The minimum atomic E-state index is -3.79. The molecule has 0 aliphatic heterocycles. The SMILES string of the molecule is Cc1ccc(S(N)(=O)=O)cc1NC(=O)/C=C\c1cccs1. The number of primary sulfonamides is 1. The summed E-state index contributed by atoms with van der Waals surface area (Å²) >= 11 is 1.52. The van der Waals surface area contributed by atoms with E-state index in [1.165, 1.54) is 29.5 Å². The lowest BCUT2D eigenvalue weighted by Gasteiger charge is -2.08. The summed E-state index contributed by atoms with van der Waals surface area (Å²) in [7, 11) is -3.79. The van der Waals surface area contributed by atoms with E-state index in [1.54, 1.807) is 19.1 Å². The van der Waals surface area contributed by atoms with Gasteiger partial charge < -0.3 is 5.32 Å². The topological polar surface area (TPSA) is 89.3 Å². The lowest BCUT2D eigenvalue weighted by Crippen LogP contribution is -2.14. The van der Waals surface area contributed by atoms with Crippen molar-refractivity contribution >= 4 is 39.0 Å². The highest BCUT2D eigenvalue weighted by atomic mass is 32.2. The quantitative estimate of drug-likeness (QED) is 0.847. The summed E-state index contributed by atoms with van der Waals surface area (Å²) in [5.74, 6) is -0.335. The Hall–Kier alpha value is -1.96. The third-order valence-corrected chi connectivity index (χ3v) is 4.49. The van der Waals surface area contributed by atoms with Gasteiger partial charge in [-0.05, 0) is 42.1 Å². The first-order chi connectivity index (χ1) is 9.86. The lowest BCUT2D eigenvalue weighted by atomic mass is 10.2. The fourth-order valence-corrected chi connectivity index (χ4v) is 2.79. The molecule has 0 atom stereocenters. The third kappa shape index (κ3) is 4.25. The van der Waals surface area contributed by atoms with Crippen LogP contribution in [0, 0.1) is 6.92 Å². The Bertz CT molecular complexity index is 779. The van der Waals surface area contributed by atoms with Gasteiger partial charge in [-0.2, -0.15) is 0 Å². The van der Waals surface area contributed by atoms with E-state index in [0.717, 1.165) is 10.4 Å². The summed E-state index contributed by atoms with van der Waals surface area (Å²) in [6.07, 6.45) is 3.09. The zero-order chi connectivity index (χ0) is 15.5. The van der Waals surface area contributed by atoms with Crippen molar-refractivity contribution in [2.45, 2.75) is 11.8 Å². The molecule has 21 heavy (non-hydrogen) atoms. The van der Waals surface area contributed by atoms with Crippen molar-refractivity contribution in [1.82, 2.24) is 0 Å². The van der Waals surface area contributed by atoms with E-state index in [1.807, 2.05) is 17.5 Å². The fraction of sp³-hybridized carbons (Fsp3) is 0.0714. The van der Waals surface area contributed by atoms with Gasteiger partial charge in [-0.3, -0.25) is 4.79 Å². The number of aryl methyl sites for hydroxylation is 1. The van der Waals surface area contributed by atoms with Crippen molar-refractivity contribution in [2.24, 2.45) is 5.14 Å². The Balaban J connectivity index is 2.17. The minimum absolute atomic E-state index is 0.0364. The highest BCUT2D eigenvalue weighted by molar-refractivity contribution is 7.89. The van der Waals surface area contributed by atoms with Gasteiger partial charge in [0.1, 0.15) is 0 Å². The van der Waals surface area contributed by atoms with Crippen LogP contribution in [-0.2, 0) is 14.8 Å². The molecule has 1 aromatic carbocycles. The molecule has 1 heterocycles. The first kappa shape index (κ1) is 15.4. The number of hydrogen-bond donors (Lipinski definition) is 2. The van der Waals surface area contributed by atoms with Gasteiger partial charge in [-0.1, -0.05) is 12.1 Å². The highest BCUT2D eigenvalue weighted by Gasteiger charge is 2.10. The predicted molar refractivity (Wildman–Crippen MR) is 84.5 cm³/mol. The van der Waals surface area contributed by atoms with Crippen LogP contribution >= 0.6 is 11.3 Å². The molecular weight excluding hydrogens is 308 g/mol. The Kier molecular flexibility index (Phi) is 4.56. The van der Waals surface area contributed by atoms with Gasteiger partial charge in [0.15, 0.2) is 0 Å². The minimum Gasteiger partial charge on any atom is -0.322 e. The molecule has 0 saturated heterocycles. The Morgan fingerprint density at radius 2 is 2.10 bits per heavy atom. The van der Waals surface area contributed by atoms with E-state index in [2.05, 4.69) is 5.32 Å². The molecule has 2 aromatic rings. The second-order valence-electron chi connectivity index (χ2n) is 4.36. The van der Waals surface area contributed by atoms with E-state index >= 15 is 0 Å². The summed E-state index contributed by atoms with van der Waals surface area (Å²) in [6.45, 7) is 1.77. The number of benzene rings is 1. The number of carbonyl (C=O) groups excluding carboxylic acids is 1. The van der Waals surface area contributed by atoms with E-state index in [0.29, 0.717) is 5.69 Å². The van der Waals surface area contributed by atoms with E-state index in [-0.39, 0.29) is 10.8 Å². The average Bonchev–Trinajstić information content (AvgIpc) is 2.91. The number of carbonyl (C=O) groups is 1. The van der Waals surface area contributed by atoms with E-state index in [9.17, 15) is 13.2 Å². The molecule has 110 valence electrons. The van der Waals surface area contributed by atoms with Gasteiger partial charge in [0.25, 0.3) is 0 Å². The molecule has 0 aliphatic carbocycles. The maximum atomic E-state index is 11.8. The Labute approximate surface area is 127 Å². The molecule has 2 rings (SSSR count). The normalized spacial score (nSPS) is 11.7. The number of nitrogens with two attached hydrogens (primary N) is 1. The van der Waals surface area contributed by atoms with Crippen molar-refractivity contribution in [2.75, 3.05) is 5.32 Å². The third-order valence-electron chi connectivity index (χ3n) is 2.74. The average molecular weight is 322 g/mol. The largest absolute Gasteiger partial charge is 0.322 e. The number of anilines is 1. The second-order valence-corrected chi connectivity index (χ2v) is 6.90. The zero-order valence-corrected chi connectivity index (χ0v) is 12.9. The number of nitrogens with one attached hydrogen (secondary N) is 1.